The van der Waals surface area contributed by atoms with Crippen molar-refractivity contribution < 1.29 is 5.11 Å². The predicted octanol–water partition coefficient (Wildman–Crippen LogP) is 0.626. The molecule has 0 aromatic carbocycles. The third-order valence-corrected chi connectivity index (χ3v) is 3.41. The minimum absolute atomic E-state index is 0.213. The van der Waals surface area contributed by atoms with Crippen molar-refractivity contribution in [1.29, 1.82) is 0 Å². The van der Waals surface area contributed by atoms with Crippen molar-refractivity contribution in [3.05, 3.63) is 30.1 Å². The average Bonchev–Trinajstić information content (AvgIpc) is 2.53. The van der Waals surface area contributed by atoms with E-state index in [1.807, 2.05) is 24.5 Å². The Labute approximate surface area is 103 Å². The van der Waals surface area contributed by atoms with Gasteiger partial charge in [0.15, 0.2) is 0 Å². The first-order valence-electron chi connectivity index (χ1n) is 6.27. The van der Waals surface area contributed by atoms with Gasteiger partial charge in [0.1, 0.15) is 0 Å². The molecule has 17 heavy (non-hydrogen) atoms. The molecule has 0 spiro atoms. The quantitative estimate of drug-likeness (QED) is 0.806. The lowest BCUT2D eigenvalue weighted by Crippen LogP contribution is -2.42. The third-order valence-electron chi connectivity index (χ3n) is 3.41. The van der Waals surface area contributed by atoms with Gasteiger partial charge in [-0.25, -0.2) is 0 Å². The Bertz CT molecular complexity index is 331. The first-order chi connectivity index (χ1) is 8.29. The number of aliphatic hydroxyl groups excluding tert-OH is 1. The van der Waals surface area contributed by atoms with Crippen LogP contribution in [0.15, 0.2) is 24.5 Å². The fourth-order valence-corrected chi connectivity index (χ4v) is 2.22. The van der Waals surface area contributed by atoms with E-state index in [0.29, 0.717) is 6.04 Å². The van der Waals surface area contributed by atoms with Gasteiger partial charge < -0.3 is 10.4 Å². The fraction of sp³-hybridized carbons (Fsp3) is 0.615. The molecule has 0 aliphatic carbocycles. The van der Waals surface area contributed by atoms with Crippen LogP contribution in [0.2, 0.25) is 0 Å². The molecule has 1 aliphatic rings. The molecule has 1 saturated heterocycles. The molecule has 2 atom stereocenters. The molecule has 2 N–H and O–H groups in total. The molecular formula is C13H21N3O. The van der Waals surface area contributed by atoms with E-state index in [1.54, 1.807) is 0 Å². The van der Waals surface area contributed by atoms with E-state index in [0.717, 1.165) is 26.1 Å². The number of pyridine rings is 1. The van der Waals surface area contributed by atoms with Gasteiger partial charge in [0, 0.05) is 44.1 Å². The highest BCUT2D eigenvalue weighted by Gasteiger charge is 2.22. The van der Waals surface area contributed by atoms with Crippen molar-refractivity contribution in [1.82, 2.24) is 15.2 Å². The average molecular weight is 235 g/mol. The van der Waals surface area contributed by atoms with Crippen molar-refractivity contribution in [2.45, 2.75) is 32.0 Å². The molecule has 4 heteroatoms. The minimum atomic E-state index is 0.213. The first-order valence-corrected chi connectivity index (χ1v) is 6.27. The number of rotatable bonds is 3. The van der Waals surface area contributed by atoms with Crippen molar-refractivity contribution in [2.24, 2.45) is 0 Å². The Morgan fingerprint density at radius 1 is 1.47 bits per heavy atom. The maximum atomic E-state index is 9.46. The van der Waals surface area contributed by atoms with Crippen molar-refractivity contribution in [3.8, 4) is 0 Å². The molecule has 2 unspecified atom stereocenters. The number of nitrogens with one attached hydrogen (secondary N) is 1. The van der Waals surface area contributed by atoms with Crippen LogP contribution < -0.4 is 5.32 Å². The zero-order valence-electron chi connectivity index (χ0n) is 10.3. The highest BCUT2D eigenvalue weighted by molar-refractivity contribution is 5.09. The molecule has 2 rings (SSSR count). The summed E-state index contributed by atoms with van der Waals surface area (Å²) in [5.41, 5.74) is 1.26. The van der Waals surface area contributed by atoms with E-state index in [4.69, 9.17) is 0 Å². The number of nitrogens with zero attached hydrogens (tertiary/aromatic N) is 2. The van der Waals surface area contributed by atoms with E-state index < -0.39 is 0 Å². The predicted molar refractivity (Wildman–Crippen MR) is 67.6 cm³/mol. The smallest absolute Gasteiger partial charge is 0.0599 e. The summed E-state index contributed by atoms with van der Waals surface area (Å²) < 4.78 is 0. The van der Waals surface area contributed by atoms with Gasteiger partial charge >= 0.3 is 0 Å². The van der Waals surface area contributed by atoms with Gasteiger partial charge in [0.2, 0.25) is 0 Å². The lowest BCUT2D eigenvalue weighted by molar-refractivity contribution is 0.126. The molecule has 2 heterocycles. The molecule has 0 bridgehead atoms. The fourth-order valence-electron chi connectivity index (χ4n) is 2.22. The number of aliphatic hydroxyl groups is 1. The van der Waals surface area contributed by atoms with Crippen LogP contribution in [0.4, 0.5) is 0 Å². The third kappa shape index (κ3) is 3.49. The second-order valence-corrected chi connectivity index (χ2v) is 4.76. The molecule has 1 fully saturated rings. The van der Waals surface area contributed by atoms with Gasteiger partial charge in [0.05, 0.1) is 6.61 Å². The summed E-state index contributed by atoms with van der Waals surface area (Å²) in [7, 11) is 0. The summed E-state index contributed by atoms with van der Waals surface area (Å²) in [6, 6.07) is 4.83. The maximum absolute atomic E-state index is 9.46. The van der Waals surface area contributed by atoms with Crippen LogP contribution in [0.3, 0.4) is 0 Å². The second kappa shape index (κ2) is 6.10. The lowest BCUT2D eigenvalue weighted by atomic mass is 10.2. The minimum Gasteiger partial charge on any atom is -0.395 e. The summed E-state index contributed by atoms with van der Waals surface area (Å²) in [4.78, 5) is 6.38. The molecule has 94 valence electrons. The van der Waals surface area contributed by atoms with Crippen molar-refractivity contribution >= 4 is 0 Å². The monoisotopic (exact) mass is 235 g/mol. The van der Waals surface area contributed by atoms with Gasteiger partial charge in [-0.1, -0.05) is 0 Å². The summed E-state index contributed by atoms with van der Waals surface area (Å²) in [6.45, 7) is 5.20. The molecule has 0 radical (unpaired) electrons. The summed E-state index contributed by atoms with van der Waals surface area (Å²) in [5, 5.41) is 12.9. The zero-order valence-corrected chi connectivity index (χ0v) is 10.3. The van der Waals surface area contributed by atoms with Crippen LogP contribution in [0.25, 0.3) is 0 Å². The first kappa shape index (κ1) is 12.5. The molecule has 1 aliphatic heterocycles. The van der Waals surface area contributed by atoms with Gasteiger partial charge in [-0.2, -0.15) is 0 Å². The Balaban J connectivity index is 2.01. The van der Waals surface area contributed by atoms with Crippen LogP contribution in [-0.4, -0.2) is 46.8 Å². The lowest BCUT2D eigenvalue weighted by Gasteiger charge is -2.28. The van der Waals surface area contributed by atoms with Crippen LogP contribution in [0.5, 0.6) is 0 Å². The van der Waals surface area contributed by atoms with Gasteiger partial charge in [-0.3, -0.25) is 9.88 Å². The largest absolute Gasteiger partial charge is 0.395 e. The maximum Gasteiger partial charge on any atom is 0.0599 e. The summed E-state index contributed by atoms with van der Waals surface area (Å²) in [6.07, 6.45) is 4.77. The number of aromatic nitrogens is 1. The van der Waals surface area contributed by atoms with E-state index in [-0.39, 0.29) is 12.6 Å². The van der Waals surface area contributed by atoms with E-state index >= 15 is 0 Å². The zero-order chi connectivity index (χ0) is 12.1. The molecule has 1 aromatic rings. The highest BCUT2D eigenvalue weighted by atomic mass is 16.3. The summed E-state index contributed by atoms with van der Waals surface area (Å²) >= 11 is 0. The molecule has 0 amide bonds. The van der Waals surface area contributed by atoms with Gasteiger partial charge in [-0.15, -0.1) is 0 Å². The van der Waals surface area contributed by atoms with Crippen LogP contribution in [0.1, 0.15) is 18.9 Å². The topological polar surface area (TPSA) is 48.4 Å². The Kier molecular flexibility index (Phi) is 4.48. The molecule has 0 saturated carbocycles. The van der Waals surface area contributed by atoms with Gasteiger partial charge in [0.25, 0.3) is 0 Å². The Morgan fingerprint density at radius 2 is 2.24 bits per heavy atom. The SMILES string of the molecule is CC1CCN(Cc2ccncc2)C(CO)CN1. The van der Waals surface area contributed by atoms with Gasteiger partial charge in [-0.05, 0) is 31.0 Å². The standard InChI is InChI=1S/C13H21N3O/c1-11-4-7-16(13(10-17)8-15-11)9-12-2-5-14-6-3-12/h2-3,5-6,11,13,15,17H,4,7-10H2,1H3. The molecule has 4 nitrogen and oxygen atoms in total. The van der Waals surface area contributed by atoms with Crippen LogP contribution >= 0.6 is 0 Å². The Morgan fingerprint density at radius 3 is 2.94 bits per heavy atom. The number of hydrogen-bond acceptors (Lipinski definition) is 4. The second-order valence-electron chi connectivity index (χ2n) is 4.76. The summed E-state index contributed by atoms with van der Waals surface area (Å²) in [5.74, 6) is 0. The molecular weight excluding hydrogens is 214 g/mol. The van der Waals surface area contributed by atoms with E-state index in [9.17, 15) is 5.11 Å². The highest BCUT2D eigenvalue weighted by Crippen LogP contribution is 2.12. The van der Waals surface area contributed by atoms with Crippen molar-refractivity contribution in [3.63, 3.8) is 0 Å². The van der Waals surface area contributed by atoms with E-state index in [1.165, 1.54) is 5.56 Å². The molecule has 1 aromatic heterocycles. The normalized spacial score (nSPS) is 26.7. The van der Waals surface area contributed by atoms with Crippen LogP contribution in [-0.2, 0) is 6.54 Å². The van der Waals surface area contributed by atoms with Crippen LogP contribution in [0, 0.1) is 0 Å². The Hall–Kier alpha value is -0.970. The van der Waals surface area contributed by atoms with E-state index in [2.05, 4.69) is 22.1 Å². The number of hydrogen-bond donors (Lipinski definition) is 2. The van der Waals surface area contributed by atoms with Crippen molar-refractivity contribution in [2.75, 3.05) is 19.7 Å².